The minimum atomic E-state index is -0.148. The number of nitrogens with zero attached hydrogens (tertiary/aromatic N) is 3. The molecule has 0 aromatic heterocycles. The average Bonchev–Trinajstić information content (AvgIpc) is 3.18. The van der Waals surface area contributed by atoms with Crippen molar-refractivity contribution in [2.75, 3.05) is 39.4 Å². The fourth-order valence-electron chi connectivity index (χ4n) is 3.82. The van der Waals surface area contributed by atoms with Gasteiger partial charge in [-0.2, -0.15) is 0 Å². The number of aliphatic imine (C=N–C) groups is 1. The van der Waals surface area contributed by atoms with Crippen LogP contribution in [0.15, 0.2) is 40.6 Å². The van der Waals surface area contributed by atoms with Crippen LogP contribution >= 0.6 is 12.2 Å². The van der Waals surface area contributed by atoms with E-state index >= 15 is 0 Å². The van der Waals surface area contributed by atoms with Crippen molar-refractivity contribution < 1.29 is 9.53 Å². The van der Waals surface area contributed by atoms with Crippen molar-refractivity contribution in [3.8, 4) is 0 Å². The zero-order chi connectivity index (χ0) is 20.6. The maximum Gasteiger partial charge on any atom is 0.201 e. The maximum atomic E-state index is 11.3. The van der Waals surface area contributed by atoms with Gasteiger partial charge in [-0.25, -0.2) is 4.99 Å². The van der Waals surface area contributed by atoms with Crippen LogP contribution in [0, 0.1) is 0 Å². The minimum Gasteiger partial charge on any atom is -0.378 e. The summed E-state index contributed by atoms with van der Waals surface area (Å²) in [5.74, 6) is 0.821. The zero-order valence-electron chi connectivity index (χ0n) is 17.2. The second-order valence-corrected chi connectivity index (χ2v) is 7.67. The number of hydrogen-bond donors (Lipinski definition) is 2. The Morgan fingerprint density at radius 2 is 2.21 bits per heavy atom. The lowest BCUT2D eigenvalue weighted by Crippen LogP contribution is -2.52. The number of morpholine rings is 1. The Labute approximate surface area is 178 Å². The highest BCUT2D eigenvalue weighted by atomic mass is 32.1. The van der Waals surface area contributed by atoms with Gasteiger partial charge < -0.3 is 30.0 Å². The van der Waals surface area contributed by atoms with Crippen LogP contribution in [-0.2, 0) is 9.53 Å². The van der Waals surface area contributed by atoms with Crippen LogP contribution in [0.25, 0.3) is 0 Å². The van der Waals surface area contributed by atoms with Gasteiger partial charge >= 0.3 is 0 Å². The molecule has 0 aromatic rings. The zero-order valence-corrected chi connectivity index (χ0v) is 18.0. The van der Waals surface area contributed by atoms with E-state index in [1.807, 2.05) is 6.08 Å². The van der Waals surface area contributed by atoms with Gasteiger partial charge in [-0.3, -0.25) is 0 Å². The molecule has 1 unspecified atom stereocenters. The van der Waals surface area contributed by atoms with Crippen molar-refractivity contribution in [2.45, 2.75) is 38.8 Å². The number of likely N-dealkylation sites (tertiary alicyclic amines) is 1. The van der Waals surface area contributed by atoms with Crippen molar-refractivity contribution in [1.82, 2.24) is 20.4 Å². The number of aldehydes is 1. The number of allylic oxidation sites excluding steroid dienone is 3. The summed E-state index contributed by atoms with van der Waals surface area (Å²) < 4.78 is 5.49. The highest BCUT2D eigenvalue weighted by Crippen LogP contribution is 2.33. The first kappa shape index (κ1) is 21.5. The summed E-state index contributed by atoms with van der Waals surface area (Å²) in [5, 5.41) is 7.63. The van der Waals surface area contributed by atoms with Gasteiger partial charge in [-0.15, -0.1) is 0 Å². The number of unbranched alkanes of at least 4 members (excludes halogenated alkanes) is 1. The molecule has 3 aliphatic rings. The molecule has 7 nitrogen and oxygen atoms in total. The van der Waals surface area contributed by atoms with Crippen LogP contribution in [0.3, 0.4) is 0 Å². The smallest absolute Gasteiger partial charge is 0.201 e. The van der Waals surface area contributed by atoms with E-state index in [1.54, 1.807) is 6.08 Å². The van der Waals surface area contributed by atoms with E-state index in [-0.39, 0.29) is 6.17 Å². The molecule has 0 bridgehead atoms. The first-order valence-corrected chi connectivity index (χ1v) is 10.8. The molecule has 2 fully saturated rings. The number of rotatable bonds is 7. The molecule has 2 saturated heterocycles. The molecule has 3 rings (SSSR count). The topological polar surface area (TPSA) is 69.2 Å². The third-order valence-electron chi connectivity index (χ3n) is 5.35. The number of ether oxygens (including phenoxy) is 1. The Hall–Kier alpha value is -2.19. The second kappa shape index (κ2) is 10.5. The van der Waals surface area contributed by atoms with Gasteiger partial charge in [0.15, 0.2) is 11.3 Å². The second-order valence-electron chi connectivity index (χ2n) is 7.28. The Morgan fingerprint density at radius 3 is 2.90 bits per heavy atom. The molecule has 0 saturated carbocycles. The van der Waals surface area contributed by atoms with Crippen LogP contribution < -0.4 is 10.6 Å². The van der Waals surface area contributed by atoms with Crippen LogP contribution in [0.5, 0.6) is 0 Å². The quantitative estimate of drug-likeness (QED) is 0.284. The molecular formula is C21H31N5O2S. The summed E-state index contributed by atoms with van der Waals surface area (Å²) in [5.41, 5.74) is 3.09. The molecule has 0 radical (unpaired) electrons. The monoisotopic (exact) mass is 417 g/mol. The van der Waals surface area contributed by atoms with Crippen molar-refractivity contribution in [3.63, 3.8) is 0 Å². The van der Waals surface area contributed by atoms with Gasteiger partial charge in [0.2, 0.25) is 5.96 Å². The molecule has 3 aliphatic heterocycles. The van der Waals surface area contributed by atoms with Gasteiger partial charge in [-0.05, 0) is 36.2 Å². The third-order valence-corrected chi connectivity index (χ3v) is 5.73. The summed E-state index contributed by atoms with van der Waals surface area (Å²) in [4.78, 5) is 20.7. The summed E-state index contributed by atoms with van der Waals surface area (Å²) in [6.07, 6.45) is 7.82. The van der Waals surface area contributed by atoms with Gasteiger partial charge in [0, 0.05) is 38.3 Å². The summed E-state index contributed by atoms with van der Waals surface area (Å²) >= 11 is 5.68. The average molecular weight is 418 g/mol. The maximum absolute atomic E-state index is 11.3. The SMILES string of the molecule is C=CC=C(CC=O)C1=C2CCN(C(=S)NCCCC)C2N=C(N2CCOCC2)N1. The van der Waals surface area contributed by atoms with Crippen LogP contribution in [0.4, 0.5) is 0 Å². The molecule has 2 N–H and O–H groups in total. The summed E-state index contributed by atoms with van der Waals surface area (Å²) in [6.45, 7) is 10.6. The molecule has 0 aromatic carbocycles. The molecule has 0 amide bonds. The molecule has 0 spiro atoms. The minimum absolute atomic E-state index is 0.148. The van der Waals surface area contributed by atoms with E-state index in [0.717, 1.165) is 74.1 Å². The molecule has 0 aliphatic carbocycles. The van der Waals surface area contributed by atoms with Gasteiger partial charge in [0.1, 0.15) is 6.29 Å². The Balaban J connectivity index is 1.90. The predicted octanol–water partition coefficient (Wildman–Crippen LogP) is 1.94. The predicted molar refractivity (Wildman–Crippen MR) is 120 cm³/mol. The van der Waals surface area contributed by atoms with E-state index in [9.17, 15) is 4.79 Å². The first-order chi connectivity index (χ1) is 14.2. The van der Waals surface area contributed by atoms with E-state index in [2.05, 4.69) is 33.9 Å². The van der Waals surface area contributed by atoms with Crippen molar-refractivity contribution in [3.05, 3.63) is 35.6 Å². The summed E-state index contributed by atoms with van der Waals surface area (Å²) in [7, 11) is 0. The molecular weight excluding hydrogens is 386 g/mol. The van der Waals surface area contributed by atoms with E-state index in [1.165, 1.54) is 5.57 Å². The van der Waals surface area contributed by atoms with Gasteiger partial charge in [-0.1, -0.05) is 32.1 Å². The summed E-state index contributed by atoms with van der Waals surface area (Å²) in [6, 6.07) is 0. The van der Waals surface area contributed by atoms with Crippen molar-refractivity contribution in [1.29, 1.82) is 0 Å². The van der Waals surface area contributed by atoms with Gasteiger partial charge in [0.05, 0.1) is 13.2 Å². The number of carbonyl (C=O) groups excluding carboxylic acids is 1. The van der Waals surface area contributed by atoms with E-state index in [0.29, 0.717) is 19.6 Å². The number of fused-ring (bicyclic) bond motifs is 1. The largest absolute Gasteiger partial charge is 0.378 e. The lowest BCUT2D eigenvalue weighted by molar-refractivity contribution is -0.107. The first-order valence-electron chi connectivity index (χ1n) is 10.4. The van der Waals surface area contributed by atoms with Crippen LogP contribution in [-0.4, -0.2) is 72.7 Å². The van der Waals surface area contributed by atoms with Gasteiger partial charge in [0.25, 0.3) is 0 Å². The molecule has 8 heteroatoms. The number of guanidine groups is 1. The number of nitrogens with one attached hydrogen (secondary N) is 2. The standard InChI is InChI=1S/C21H31N5O2S/c1-3-5-9-22-21(29)26-10-7-17-18(16(6-4-2)8-13-27)23-20(24-19(17)26)25-11-14-28-15-12-25/h4,6,13,19H,2-3,5,7-12,14-15H2,1H3,(H,22,29)(H,23,24). The normalized spacial score (nSPS) is 22.0. The molecule has 1 atom stereocenters. The lowest BCUT2D eigenvalue weighted by atomic mass is 10.00. The molecule has 158 valence electrons. The number of carbonyl (C=O) groups is 1. The Kier molecular flexibility index (Phi) is 7.83. The van der Waals surface area contributed by atoms with Crippen molar-refractivity contribution in [2.24, 2.45) is 4.99 Å². The van der Waals surface area contributed by atoms with Crippen molar-refractivity contribution >= 4 is 29.6 Å². The van der Waals surface area contributed by atoms with Crippen LogP contribution in [0.1, 0.15) is 32.6 Å². The lowest BCUT2D eigenvalue weighted by Gasteiger charge is -2.36. The Bertz CT molecular complexity index is 725. The fourth-order valence-corrected chi connectivity index (χ4v) is 4.11. The van der Waals surface area contributed by atoms with E-state index < -0.39 is 0 Å². The molecule has 29 heavy (non-hydrogen) atoms. The van der Waals surface area contributed by atoms with Crippen LogP contribution in [0.2, 0.25) is 0 Å². The molecule has 3 heterocycles. The van der Waals surface area contributed by atoms with E-state index in [4.69, 9.17) is 21.9 Å². The fraction of sp³-hybridized carbons (Fsp3) is 0.571. The number of thiocarbonyl (C=S) groups is 1. The Morgan fingerprint density at radius 1 is 1.41 bits per heavy atom. The highest BCUT2D eigenvalue weighted by molar-refractivity contribution is 7.80. The third kappa shape index (κ3) is 5.05. The highest BCUT2D eigenvalue weighted by Gasteiger charge is 2.37. The number of hydrogen-bond acceptors (Lipinski definition) is 6.